The van der Waals surface area contributed by atoms with Crippen LogP contribution in [0.5, 0.6) is 0 Å². The van der Waals surface area contributed by atoms with Gasteiger partial charge in [-0.2, -0.15) is 0 Å². The van der Waals surface area contributed by atoms with Gasteiger partial charge in [0.1, 0.15) is 0 Å². The molecule has 2 nitrogen and oxygen atoms in total. The fourth-order valence-corrected chi connectivity index (χ4v) is 2.75. The van der Waals surface area contributed by atoms with Crippen molar-refractivity contribution in [1.82, 2.24) is 0 Å². The molecule has 1 aromatic rings. The van der Waals surface area contributed by atoms with E-state index in [2.05, 4.69) is 59.8 Å². The molecule has 0 heterocycles. The predicted molar refractivity (Wildman–Crippen MR) is 84.0 cm³/mol. The number of hydrogen-bond donors (Lipinski definition) is 1. The number of rotatable bonds is 7. The van der Waals surface area contributed by atoms with Crippen LogP contribution >= 0.6 is 15.9 Å². The van der Waals surface area contributed by atoms with Crippen LogP contribution in [0.15, 0.2) is 22.7 Å². The number of hydrogen-bond acceptors (Lipinski definition) is 2. The van der Waals surface area contributed by atoms with Gasteiger partial charge in [0.15, 0.2) is 0 Å². The Balaban J connectivity index is 2.84. The fourth-order valence-electron chi connectivity index (χ4n) is 2.10. The van der Waals surface area contributed by atoms with Gasteiger partial charge in [0.2, 0.25) is 0 Å². The van der Waals surface area contributed by atoms with Crippen molar-refractivity contribution in [3.05, 3.63) is 28.2 Å². The van der Waals surface area contributed by atoms with Crippen molar-refractivity contribution >= 4 is 21.6 Å². The molecule has 0 aliphatic heterocycles. The quantitative estimate of drug-likeness (QED) is 0.760. The highest BCUT2D eigenvalue weighted by Gasteiger charge is 2.13. The normalized spacial score (nSPS) is 11.0. The summed E-state index contributed by atoms with van der Waals surface area (Å²) in [5, 5.41) is 0. The first-order valence-corrected chi connectivity index (χ1v) is 7.64. The molecular weight excluding hydrogens is 288 g/mol. The van der Waals surface area contributed by atoms with Crippen LogP contribution in [-0.2, 0) is 6.54 Å². The molecule has 0 radical (unpaired) electrons. The standard InChI is InChI=1S/C15H25BrN2/c1-4-5-6-9-18(12(2)3)15-8-7-13(11-17)10-14(15)16/h7-8,10,12H,4-6,9,11,17H2,1-3H3. The van der Waals surface area contributed by atoms with Gasteiger partial charge in [-0.25, -0.2) is 0 Å². The predicted octanol–water partition coefficient (Wildman–Crippen LogP) is 4.31. The SMILES string of the molecule is CCCCCN(c1ccc(CN)cc1Br)C(C)C. The monoisotopic (exact) mass is 312 g/mol. The molecule has 1 aromatic carbocycles. The third-order valence-corrected chi connectivity index (χ3v) is 3.82. The lowest BCUT2D eigenvalue weighted by atomic mass is 10.1. The second kappa shape index (κ2) is 7.80. The fraction of sp³-hybridized carbons (Fsp3) is 0.600. The third kappa shape index (κ3) is 4.29. The molecule has 2 N–H and O–H groups in total. The van der Waals surface area contributed by atoms with E-state index < -0.39 is 0 Å². The average Bonchev–Trinajstić information content (AvgIpc) is 2.35. The van der Waals surface area contributed by atoms with Crippen LogP contribution in [0.4, 0.5) is 5.69 Å². The Morgan fingerprint density at radius 2 is 2.00 bits per heavy atom. The molecule has 102 valence electrons. The smallest absolute Gasteiger partial charge is 0.0513 e. The molecule has 0 aliphatic rings. The van der Waals surface area contributed by atoms with Gasteiger partial charge in [-0.15, -0.1) is 0 Å². The van der Waals surface area contributed by atoms with Crippen molar-refractivity contribution in [2.75, 3.05) is 11.4 Å². The molecule has 0 aliphatic carbocycles. The minimum Gasteiger partial charge on any atom is -0.368 e. The number of anilines is 1. The first kappa shape index (κ1) is 15.5. The highest BCUT2D eigenvalue weighted by Crippen LogP contribution is 2.29. The molecule has 0 amide bonds. The Hall–Kier alpha value is -0.540. The van der Waals surface area contributed by atoms with E-state index in [-0.39, 0.29) is 0 Å². The molecular formula is C15H25BrN2. The zero-order valence-electron chi connectivity index (χ0n) is 11.7. The van der Waals surface area contributed by atoms with Gasteiger partial charge in [0, 0.05) is 23.6 Å². The summed E-state index contributed by atoms with van der Waals surface area (Å²) >= 11 is 3.67. The number of benzene rings is 1. The van der Waals surface area contributed by atoms with Crippen LogP contribution in [0.1, 0.15) is 45.6 Å². The topological polar surface area (TPSA) is 29.3 Å². The molecule has 0 spiro atoms. The van der Waals surface area contributed by atoms with Crippen LogP contribution in [-0.4, -0.2) is 12.6 Å². The number of halogens is 1. The molecule has 0 unspecified atom stereocenters. The lowest BCUT2D eigenvalue weighted by molar-refractivity contribution is 0.625. The summed E-state index contributed by atoms with van der Waals surface area (Å²) in [6.45, 7) is 8.44. The maximum absolute atomic E-state index is 5.67. The first-order chi connectivity index (χ1) is 8.60. The lowest BCUT2D eigenvalue weighted by Crippen LogP contribution is -2.32. The molecule has 0 fully saturated rings. The highest BCUT2D eigenvalue weighted by molar-refractivity contribution is 9.10. The summed E-state index contributed by atoms with van der Waals surface area (Å²) in [6.07, 6.45) is 3.81. The summed E-state index contributed by atoms with van der Waals surface area (Å²) < 4.78 is 1.15. The molecule has 18 heavy (non-hydrogen) atoms. The molecule has 3 heteroatoms. The second-order valence-electron chi connectivity index (χ2n) is 4.98. The van der Waals surface area contributed by atoms with E-state index in [1.807, 2.05) is 0 Å². The van der Waals surface area contributed by atoms with E-state index in [1.54, 1.807) is 0 Å². The van der Waals surface area contributed by atoms with E-state index in [0.717, 1.165) is 11.0 Å². The van der Waals surface area contributed by atoms with Gasteiger partial charge in [0.25, 0.3) is 0 Å². The summed E-state index contributed by atoms with van der Waals surface area (Å²) in [5.74, 6) is 0. The van der Waals surface area contributed by atoms with Crippen LogP contribution in [0.3, 0.4) is 0 Å². The molecule has 0 aromatic heterocycles. The van der Waals surface area contributed by atoms with Gasteiger partial charge in [-0.1, -0.05) is 25.8 Å². The first-order valence-electron chi connectivity index (χ1n) is 6.85. The lowest BCUT2D eigenvalue weighted by Gasteiger charge is -2.30. The van der Waals surface area contributed by atoms with Crippen molar-refractivity contribution in [3.63, 3.8) is 0 Å². The Morgan fingerprint density at radius 3 is 2.50 bits per heavy atom. The number of unbranched alkanes of at least 4 members (excludes halogenated alkanes) is 2. The molecule has 0 bridgehead atoms. The minimum absolute atomic E-state index is 0.516. The maximum atomic E-state index is 5.67. The van der Waals surface area contributed by atoms with Crippen molar-refractivity contribution in [1.29, 1.82) is 0 Å². The second-order valence-corrected chi connectivity index (χ2v) is 5.84. The van der Waals surface area contributed by atoms with E-state index in [4.69, 9.17) is 5.73 Å². The van der Waals surface area contributed by atoms with Gasteiger partial charge >= 0.3 is 0 Å². The molecule has 0 saturated carbocycles. The average molecular weight is 313 g/mol. The maximum Gasteiger partial charge on any atom is 0.0513 e. The van der Waals surface area contributed by atoms with E-state index in [0.29, 0.717) is 12.6 Å². The zero-order valence-corrected chi connectivity index (χ0v) is 13.3. The van der Waals surface area contributed by atoms with Crippen molar-refractivity contribution < 1.29 is 0 Å². The summed E-state index contributed by atoms with van der Waals surface area (Å²) in [7, 11) is 0. The van der Waals surface area contributed by atoms with E-state index in [9.17, 15) is 0 Å². The largest absolute Gasteiger partial charge is 0.368 e. The molecule has 0 atom stereocenters. The minimum atomic E-state index is 0.516. The Kier molecular flexibility index (Phi) is 6.72. The number of nitrogens with zero attached hydrogens (tertiary/aromatic N) is 1. The van der Waals surface area contributed by atoms with Gasteiger partial charge < -0.3 is 10.6 Å². The van der Waals surface area contributed by atoms with Gasteiger partial charge in [-0.05, 0) is 53.9 Å². The van der Waals surface area contributed by atoms with Crippen molar-refractivity contribution in [2.45, 2.75) is 52.6 Å². The van der Waals surface area contributed by atoms with Crippen LogP contribution in [0, 0.1) is 0 Å². The summed E-state index contributed by atoms with van der Waals surface area (Å²) in [5.41, 5.74) is 8.11. The van der Waals surface area contributed by atoms with Gasteiger partial charge in [0.05, 0.1) is 5.69 Å². The Morgan fingerprint density at radius 1 is 1.28 bits per heavy atom. The number of nitrogens with two attached hydrogens (primary N) is 1. The van der Waals surface area contributed by atoms with E-state index in [1.165, 1.54) is 30.5 Å². The zero-order chi connectivity index (χ0) is 13.5. The Labute approximate surface area is 120 Å². The Bertz CT molecular complexity index is 364. The highest BCUT2D eigenvalue weighted by atomic mass is 79.9. The van der Waals surface area contributed by atoms with Gasteiger partial charge in [-0.3, -0.25) is 0 Å². The molecule has 1 rings (SSSR count). The van der Waals surface area contributed by atoms with E-state index >= 15 is 0 Å². The van der Waals surface area contributed by atoms with Crippen LogP contribution in [0.25, 0.3) is 0 Å². The molecule has 0 saturated heterocycles. The third-order valence-electron chi connectivity index (χ3n) is 3.18. The van der Waals surface area contributed by atoms with Crippen molar-refractivity contribution in [2.24, 2.45) is 5.73 Å². The summed E-state index contributed by atoms with van der Waals surface area (Å²) in [4.78, 5) is 2.46. The van der Waals surface area contributed by atoms with Crippen LogP contribution < -0.4 is 10.6 Å². The van der Waals surface area contributed by atoms with Crippen molar-refractivity contribution in [3.8, 4) is 0 Å². The van der Waals surface area contributed by atoms with Crippen LogP contribution in [0.2, 0.25) is 0 Å². The summed E-state index contributed by atoms with van der Waals surface area (Å²) in [6, 6.07) is 6.94.